The van der Waals surface area contributed by atoms with Crippen LogP contribution in [0.25, 0.3) is 16.8 Å². The van der Waals surface area contributed by atoms with Gasteiger partial charge in [0.05, 0.1) is 7.11 Å². The molecule has 148 valence electrons. The van der Waals surface area contributed by atoms with Crippen LogP contribution in [0.3, 0.4) is 0 Å². The molecule has 27 heavy (non-hydrogen) atoms. The van der Waals surface area contributed by atoms with Crippen molar-refractivity contribution in [3.8, 4) is 16.9 Å². The number of aliphatic imine (C=N–C) groups is 1. The van der Waals surface area contributed by atoms with Crippen molar-refractivity contribution in [2.24, 2.45) is 16.5 Å². The van der Waals surface area contributed by atoms with Gasteiger partial charge < -0.3 is 16.2 Å². The predicted molar refractivity (Wildman–Crippen MR) is 116 cm³/mol. The van der Waals surface area contributed by atoms with E-state index in [9.17, 15) is 4.39 Å². The van der Waals surface area contributed by atoms with Crippen LogP contribution in [0.5, 0.6) is 5.75 Å². The number of halogens is 1. The summed E-state index contributed by atoms with van der Waals surface area (Å²) in [5.41, 5.74) is 15.9. The molecule has 0 fully saturated rings. The van der Waals surface area contributed by atoms with Crippen LogP contribution in [-0.2, 0) is 6.54 Å². The maximum Gasteiger partial charge on any atom is 0.127 e. The van der Waals surface area contributed by atoms with Crippen molar-refractivity contribution < 1.29 is 9.13 Å². The van der Waals surface area contributed by atoms with E-state index in [0.29, 0.717) is 18.0 Å². The van der Waals surface area contributed by atoms with Crippen molar-refractivity contribution in [2.45, 2.75) is 34.2 Å². The predicted octanol–water partition coefficient (Wildman–Crippen LogP) is 5.01. The molecular formula is C22H32FN3O. The first-order valence-corrected chi connectivity index (χ1v) is 9.16. The third kappa shape index (κ3) is 6.87. The van der Waals surface area contributed by atoms with Crippen LogP contribution in [0, 0.1) is 5.82 Å². The average molecular weight is 374 g/mol. The van der Waals surface area contributed by atoms with Crippen LogP contribution in [0.15, 0.2) is 47.5 Å². The Hall–Kier alpha value is -2.66. The average Bonchev–Trinajstić information content (AvgIpc) is 2.74. The van der Waals surface area contributed by atoms with Gasteiger partial charge >= 0.3 is 0 Å². The first kappa shape index (κ1) is 24.3. The number of rotatable bonds is 5. The summed E-state index contributed by atoms with van der Waals surface area (Å²) >= 11 is 0. The molecule has 0 aliphatic heterocycles. The van der Waals surface area contributed by atoms with E-state index in [1.165, 1.54) is 12.1 Å². The second kappa shape index (κ2) is 13.5. The van der Waals surface area contributed by atoms with E-state index < -0.39 is 0 Å². The van der Waals surface area contributed by atoms with Gasteiger partial charge in [0.25, 0.3) is 0 Å². The van der Waals surface area contributed by atoms with E-state index in [0.717, 1.165) is 22.3 Å². The number of nitrogens with two attached hydrogens (primary N) is 2. The Bertz CT molecular complexity index is 738. The highest BCUT2D eigenvalue weighted by Crippen LogP contribution is 2.34. The number of hydrogen-bond acceptors (Lipinski definition) is 4. The molecular weight excluding hydrogens is 341 g/mol. The lowest BCUT2D eigenvalue weighted by Crippen LogP contribution is -2.07. The molecule has 0 aliphatic carbocycles. The Morgan fingerprint density at radius 1 is 1.11 bits per heavy atom. The van der Waals surface area contributed by atoms with Crippen LogP contribution < -0.4 is 16.2 Å². The van der Waals surface area contributed by atoms with Gasteiger partial charge in [0, 0.05) is 36.6 Å². The maximum absolute atomic E-state index is 13.2. The standard InChI is InChI=1S/C18H20FN3O.2C2H6/c1-22-8-7-17(21)15-10-16(12-3-5-14(19)6-4-12)18(23-2)9-13(15)11-20;2*1-2/h3-10H,11,20-21H2,1-2H3;2*1-2H3/b17-7-,22-8?;;. The van der Waals surface area contributed by atoms with Gasteiger partial charge in [0.15, 0.2) is 0 Å². The highest BCUT2D eigenvalue weighted by Gasteiger charge is 2.13. The fraction of sp³-hybridized carbons (Fsp3) is 0.318. The van der Waals surface area contributed by atoms with Crippen LogP contribution in [-0.4, -0.2) is 20.4 Å². The second-order valence-electron chi connectivity index (χ2n) is 4.95. The van der Waals surface area contributed by atoms with Crippen molar-refractivity contribution in [1.82, 2.24) is 0 Å². The molecule has 2 aromatic rings. The minimum atomic E-state index is -0.287. The summed E-state index contributed by atoms with van der Waals surface area (Å²) in [6, 6.07) is 9.99. The first-order chi connectivity index (χ1) is 13.1. The molecule has 4 nitrogen and oxygen atoms in total. The minimum Gasteiger partial charge on any atom is -0.496 e. The SMILES string of the molecule is CC.CC.CN=C/C=C(\N)c1cc(-c2ccc(F)cc2)c(OC)cc1CN. The molecule has 5 heteroatoms. The van der Waals surface area contributed by atoms with Crippen molar-refractivity contribution in [3.63, 3.8) is 0 Å². The summed E-state index contributed by atoms with van der Waals surface area (Å²) in [6.07, 6.45) is 3.34. The van der Waals surface area contributed by atoms with Crippen LogP contribution in [0.1, 0.15) is 38.8 Å². The van der Waals surface area contributed by atoms with Gasteiger partial charge in [-0.15, -0.1) is 0 Å². The van der Waals surface area contributed by atoms with Gasteiger partial charge in [0.1, 0.15) is 11.6 Å². The van der Waals surface area contributed by atoms with Gasteiger partial charge in [-0.25, -0.2) is 4.39 Å². The maximum atomic E-state index is 13.2. The highest BCUT2D eigenvalue weighted by molar-refractivity contribution is 5.86. The van der Waals surface area contributed by atoms with E-state index in [2.05, 4.69) is 4.99 Å². The molecule has 2 rings (SSSR count). The largest absolute Gasteiger partial charge is 0.496 e. The van der Waals surface area contributed by atoms with Crippen molar-refractivity contribution in [1.29, 1.82) is 0 Å². The topological polar surface area (TPSA) is 73.6 Å². The highest BCUT2D eigenvalue weighted by atomic mass is 19.1. The zero-order valence-electron chi connectivity index (χ0n) is 17.2. The van der Waals surface area contributed by atoms with Crippen molar-refractivity contribution >= 4 is 11.9 Å². The minimum absolute atomic E-state index is 0.287. The Labute approximate surface area is 162 Å². The van der Waals surface area contributed by atoms with Gasteiger partial charge in [-0.1, -0.05) is 39.8 Å². The van der Waals surface area contributed by atoms with Crippen LogP contribution in [0.2, 0.25) is 0 Å². The lowest BCUT2D eigenvalue weighted by molar-refractivity contribution is 0.416. The third-order valence-corrected chi connectivity index (χ3v) is 3.51. The molecule has 0 saturated carbocycles. The summed E-state index contributed by atoms with van der Waals surface area (Å²) in [4.78, 5) is 3.90. The molecule has 0 saturated heterocycles. The van der Waals surface area contributed by atoms with Crippen LogP contribution in [0.4, 0.5) is 4.39 Å². The smallest absolute Gasteiger partial charge is 0.127 e. The van der Waals surface area contributed by atoms with E-state index in [4.69, 9.17) is 16.2 Å². The molecule has 2 aromatic carbocycles. The third-order valence-electron chi connectivity index (χ3n) is 3.51. The monoisotopic (exact) mass is 373 g/mol. The summed E-state index contributed by atoms with van der Waals surface area (Å²) in [7, 11) is 3.26. The lowest BCUT2D eigenvalue weighted by Gasteiger charge is -2.15. The van der Waals surface area contributed by atoms with Gasteiger partial charge in [-0.05, 0) is 41.5 Å². The van der Waals surface area contributed by atoms with Gasteiger partial charge in [-0.2, -0.15) is 0 Å². The fourth-order valence-corrected chi connectivity index (χ4v) is 2.33. The summed E-state index contributed by atoms with van der Waals surface area (Å²) < 4.78 is 18.6. The lowest BCUT2D eigenvalue weighted by atomic mass is 9.96. The van der Waals surface area contributed by atoms with Crippen LogP contribution >= 0.6 is 0 Å². The molecule has 4 N–H and O–H groups in total. The molecule has 0 amide bonds. The zero-order chi connectivity index (χ0) is 20.8. The molecule has 0 aliphatic rings. The van der Waals surface area contributed by atoms with E-state index in [1.807, 2.05) is 39.8 Å². The molecule has 0 unspecified atom stereocenters. The quantitative estimate of drug-likeness (QED) is 0.723. The fourth-order valence-electron chi connectivity index (χ4n) is 2.33. The van der Waals surface area contributed by atoms with Crippen molar-refractivity contribution in [2.75, 3.05) is 14.2 Å². The number of nitrogens with zero attached hydrogens (tertiary/aromatic N) is 1. The summed E-state index contributed by atoms with van der Waals surface area (Å²) in [5.74, 6) is 0.378. The number of benzene rings is 2. The van der Waals surface area contributed by atoms with Gasteiger partial charge in [-0.3, -0.25) is 4.99 Å². The van der Waals surface area contributed by atoms with Crippen molar-refractivity contribution in [3.05, 3.63) is 59.4 Å². The normalized spacial score (nSPS) is 10.6. The Morgan fingerprint density at radius 3 is 2.19 bits per heavy atom. The molecule has 0 heterocycles. The number of methoxy groups -OCH3 is 1. The molecule has 0 aromatic heterocycles. The Balaban J connectivity index is 0.00000158. The number of allylic oxidation sites excluding steroid dienone is 1. The van der Waals surface area contributed by atoms with E-state index >= 15 is 0 Å². The molecule has 0 spiro atoms. The van der Waals surface area contributed by atoms with Gasteiger partial charge in [0.2, 0.25) is 0 Å². The van der Waals surface area contributed by atoms with E-state index in [1.54, 1.807) is 38.6 Å². The Morgan fingerprint density at radius 2 is 1.70 bits per heavy atom. The van der Waals surface area contributed by atoms with E-state index in [-0.39, 0.29) is 5.82 Å². The Kier molecular flexibility index (Phi) is 12.2. The number of ether oxygens (including phenoxy) is 1. The molecule has 0 radical (unpaired) electrons. The number of hydrogen-bond donors (Lipinski definition) is 2. The second-order valence-corrected chi connectivity index (χ2v) is 4.95. The zero-order valence-corrected chi connectivity index (χ0v) is 17.2. The first-order valence-electron chi connectivity index (χ1n) is 9.16. The molecule has 0 bridgehead atoms. The summed E-state index contributed by atoms with van der Waals surface area (Å²) in [6.45, 7) is 8.33. The molecule has 0 atom stereocenters. The summed E-state index contributed by atoms with van der Waals surface area (Å²) in [5, 5.41) is 0.